The zero-order valence-corrected chi connectivity index (χ0v) is 19.7. The average molecular weight is 484 g/mol. The lowest BCUT2D eigenvalue weighted by Crippen LogP contribution is -2.34. The van der Waals surface area contributed by atoms with Gasteiger partial charge in [-0.2, -0.15) is 0 Å². The molecule has 2 N–H and O–H groups in total. The summed E-state index contributed by atoms with van der Waals surface area (Å²) in [5.74, 6) is 0.912. The van der Waals surface area contributed by atoms with Crippen LogP contribution in [0.25, 0.3) is 11.0 Å². The molecule has 8 nitrogen and oxygen atoms in total. The number of halogens is 1. The SMILES string of the molecule is Cn1c(=O)ccc2ncc(F)c(OCC3CCC(NCc4ccc5c(n4)NC(=O)CS5)CC3)c21. The third-order valence-electron chi connectivity index (χ3n) is 6.46. The van der Waals surface area contributed by atoms with Gasteiger partial charge in [-0.1, -0.05) is 0 Å². The standard InChI is InChI=1S/C24H26FN5O3S/c1-30-21(32)9-7-18-22(30)23(17(25)11-27-18)33-12-14-2-4-15(5-3-14)26-10-16-6-8-19-24(28-16)29-20(31)13-34-19/h6-9,11,14-15,26H,2-5,10,12-13H2,1H3,(H,28,29,31). The van der Waals surface area contributed by atoms with Crippen LogP contribution in [0.5, 0.6) is 5.75 Å². The highest BCUT2D eigenvalue weighted by Gasteiger charge is 2.23. The molecule has 0 bridgehead atoms. The highest BCUT2D eigenvalue weighted by molar-refractivity contribution is 8.00. The number of aromatic nitrogens is 3. The van der Waals surface area contributed by atoms with Gasteiger partial charge in [0.2, 0.25) is 5.91 Å². The number of aryl methyl sites for hydroxylation is 1. The number of nitrogens with zero attached hydrogens (tertiary/aromatic N) is 3. The maximum Gasteiger partial charge on any atom is 0.250 e. The lowest BCUT2D eigenvalue weighted by molar-refractivity contribution is -0.113. The highest BCUT2D eigenvalue weighted by atomic mass is 32.2. The normalized spacial score (nSPS) is 20.1. The Morgan fingerprint density at radius 2 is 2.03 bits per heavy atom. The van der Waals surface area contributed by atoms with E-state index in [0.29, 0.717) is 47.7 Å². The van der Waals surface area contributed by atoms with Crippen LogP contribution in [-0.4, -0.2) is 38.8 Å². The number of carbonyl (C=O) groups excluding carboxylic acids is 1. The number of anilines is 1. The molecule has 0 saturated heterocycles. The molecule has 1 aliphatic carbocycles. The lowest BCUT2D eigenvalue weighted by Gasteiger charge is -2.29. The van der Waals surface area contributed by atoms with Crippen molar-refractivity contribution >= 4 is 34.5 Å². The molecule has 5 rings (SSSR count). The van der Waals surface area contributed by atoms with Crippen molar-refractivity contribution in [1.82, 2.24) is 19.9 Å². The maximum atomic E-state index is 14.5. The van der Waals surface area contributed by atoms with Gasteiger partial charge in [-0.25, -0.2) is 9.37 Å². The minimum Gasteiger partial charge on any atom is -0.488 e. The Labute approximate surface area is 200 Å². The monoisotopic (exact) mass is 483 g/mol. The van der Waals surface area contributed by atoms with Crippen LogP contribution in [0.4, 0.5) is 10.2 Å². The van der Waals surface area contributed by atoms with E-state index in [4.69, 9.17) is 4.74 Å². The number of amides is 1. The van der Waals surface area contributed by atoms with Crippen molar-refractivity contribution in [2.75, 3.05) is 17.7 Å². The number of hydrogen-bond donors (Lipinski definition) is 2. The molecule has 0 spiro atoms. The maximum absolute atomic E-state index is 14.5. The number of ether oxygens (including phenoxy) is 1. The first kappa shape index (κ1) is 22.8. The fraction of sp³-hybridized carbons (Fsp3) is 0.417. The predicted molar refractivity (Wildman–Crippen MR) is 129 cm³/mol. The predicted octanol–water partition coefficient (Wildman–Crippen LogP) is 3.24. The van der Waals surface area contributed by atoms with Crippen molar-refractivity contribution in [2.45, 2.75) is 43.2 Å². The van der Waals surface area contributed by atoms with Crippen LogP contribution in [0.15, 0.2) is 40.2 Å². The topological polar surface area (TPSA) is 98.1 Å². The van der Waals surface area contributed by atoms with Gasteiger partial charge in [0.05, 0.1) is 34.7 Å². The Morgan fingerprint density at radius 3 is 2.85 bits per heavy atom. The molecule has 10 heteroatoms. The van der Waals surface area contributed by atoms with E-state index in [1.807, 2.05) is 12.1 Å². The summed E-state index contributed by atoms with van der Waals surface area (Å²) in [5.41, 5.74) is 1.58. The van der Waals surface area contributed by atoms with Crippen LogP contribution in [0.2, 0.25) is 0 Å². The first-order chi connectivity index (χ1) is 16.5. The summed E-state index contributed by atoms with van der Waals surface area (Å²) in [5, 5.41) is 6.40. The quantitative estimate of drug-likeness (QED) is 0.555. The summed E-state index contributed by atoms with van der Waals surface area (Å²) >= 11 is 1.51. The summed E-state index contributed by atoms with van der Waals surface area (Å²) in [6.07, 6.45) is 5.05. The van der Waals surface area contributed by atoms with Gasteiger partial charge in [0.15, 0.2) is 11.6 Å². The van der Waals surface area contributed by atoms with Crippen LogP contribution in [0, 0.1) is 11.7 Å². The van der Waals surface area contributed by atoms with Gasteiger partial charge in [-0.15, -0.1) is 11.8 Å². The van der Waals surface area contributed by atoms with Gasteiger partial charge in [-0.3, -0.25) is 14.6 Å². The summed E-state index contributed by atoms with van der Waals surface area (Å²) in [6.45, 7) is 1.04. The molecule has 4 heterocycles. The first-order valence-electron chi connectivity index (χ1n) is 11.4. The number of thioether (sulfide) groups is 1. The molecule has 2 aliphatic rings. The largest absolute Gasteiger partial charge is 0.488 e. The number of nitrogens with one attached hydrogen (secondary N) is 2. The van der Waals surface area contributed by atoms with Crippen molar-refractivity contribution in [1.29, 1.82) is 0 Å². The lowest BCUT2D eigenvalue weighted by atomic mass is 9.86. The van der Waals surface area contributed by atoms with Crippen LogP contribution < -0.4 is 20.9 Å². The molecule has 3 aromatic rings. The Balaban J connectivity index is 1.15. The van der Waals surface area contributed by atoms with Gasteiger partial charge >= 0.3 is 0 Å². The Hall–Kier alpha value is -2.98. The third kappa shape index (κ3) is 4.78. The molecule has 0 radical (unpaired) electrons. The minimum absolute atomic E-state index is 0.0162. The van der Waals surface area contributed by atoms with E-state index in [-0.39, 0.29) is 17.2 Å². The molecular formula is C24H26FN5O3S. The Morgan fingerprint density at radius 1 is 1.21 bits per heavy atom. The van der Waals surface area contributed by atoms with Crippen molar-refractivity contribution in [3.8, 4) is 5.75 Å². The number of carbonyl (C=O) groups is 1. The first-order valence-corrected chi connectivity index (χ1v) is 12.4. The molecule has 1 fully saturated rings. The summed E-state index contributed by atoms with van der Waals surface area (Å²) in [4.78, 5) is 33.3. The molecule has 0 unspecified atom stereocenters. The molecule has 34 heavy (non-hydrogen) atoms. The highest BCUT2D eigenvalue weighted by Crippen LogP contribution is 2.31. The van der Waals surface area contributed by atoms with E-state index in [1.54, 1.807) is 13.1 Å². The van der Waals surface area contributed by atoms with Gasteiger partial charge in [0, 0.05) is 25.7 Å². The van der Waals surface area contributed by atoms with Crippen molar-refractivity contribution in [3.63, 3.8) is 0 Å². The Kier molecular flexibility index (Phi) is 6.51. The van der Waals surface area contributed by atoms with E-state index in [1.165, 1.54) is 22.4 Å². The molecule has 0 aromatic carbocycles. The van der Waals surface area contributed by atoms with E-state index in [9.17, 15) is 14.0 Å². The molecule has 1 aliphatic heterocycles. The second-order valence-corrected chi connectivity index (χ2v) is 9.81. The second-order valence-electron chi connectivity index (χ2n) is 8.80. The second kappa shape index (κ2) is 9.71. The van der Waals surface area contributed by atoms with Gasteiger partial charge in [-0.05, 0) is 49.8 Å². The molecule has 3 aromatic heterocycles. The van der Waals surface area contributed by atoms with Gasteiger partial charge in [0.1, 0.15) is 11.3 Å². The van der Waals surface area contributed by atoms with Crippen LogP contribution in [-0.2, 0) is 18.4 Å². The third-order valence-corrected chi connectivity index (χ3v) is 7.50. The number of rotatable bonds is 6. The van der Waals surface area contributed by atoms with Crippen LogP contribution in [0.1, 0.15) is 31.4 Å². The van der Waals surface area contributed by atoms with E-state index >= 15 is 0 Å². The van der Waals surface area contributed by atoms with Crippen LogP contribution in [0.3, 0.4) is 0 Å². The number of hydrogen-bond acceptors (Lipinski definition) is 7. The number of fused-ring (bicyclic) bond motifs is 2. The zero-order chi connectivity index (χ0) is 23.7. The van der Waals surface area contributed by atoms with E-state index in [2.05, 4.69) is 20.6 Å². The summed E-state index contributed by atoms with van der Waals surface area (Å²) < 4.78 is 21.8. The summed E-state index contributed by atoms with van der Waals surface area (Å²) in [6, 6.07) is 7.38. The van der Waals surface area contributed by atoms with Crippen LogP contribution >= 0.6 is 11.8 Å². The van der Waals surface area contributed by atoms with Crippen molar-refractivity contribution in [2.24, 2.45) is 13.0 Å². The fourth-order valence-electron chi connectivity index (χ4n) is 4.52. The van der Waals surface area contributed by atoms with Crippen molar-refractivity contribution < 1.29 is 13.9 Å². The smallest absolute Gasteiger partial charge is 0.250 e. The van der Waals surface area contributed by atoms with Gasteiger partial charge < -0.3 is 19.9 Å². The Bertz CT molecular complexity index is 1290. The summed E-state index contributed by atoms with van der Waals surface area (Å²) in [7, 11) is 1.60. The average Bonchev–Trinajstić information content (AvgIpc) is 2.85. The number of pyridine rings is 3. The molecule has 178 valence electrons. The zero-order valence-electron chi connectivity index (χ0n) is 18.8. The van der Waals surface area contributed by atoms with E-state index < -0.39 is 5.82 Å². The molecule has 1 amide bonds. The molecule has 0 atom stereocenters. The molecule has 1 saturated carbocycles. The van der Waals surface area contributed by atoms with E-state index in [0.717, 1.165) is 42.5 Å². The molecular weight excluding hydrogens is 457 g/mol. The van der Waals surface area contributed by atoms with Crippen molar-refractivity contribution in [3.05, 3.63) is 52.3 Å². The van der Waals surface area contributed by atoms with Gasteiger partial charge in [0.25, 0.3) is 5.56 Å². The minimum atomic E-state index is -0.559. The fourth-order valence-corrected chi connectivity index (χ4v) is 5.27.